The van der Waals surface area contributed by atoms with Gasteiger partial charge < -0.3 is 14.6 Å². The van der Waals surface area contributed by atoms with Crippen LogP contribution in [0.3, 0.4) is 0 Å². The third-order valence-electron chi connectivity index (χ3n) is 5.37. The third kappa shape index (κ3) is 5.70. The van der Waals surface area contributed by atoms with E-state index in [2.05, 4.69) is 14.9 Å². The fourth-order valence-corrected chi connectivity index (χ4v) is 3.76. The molecule has 0 aliphatic carbocycles. The van der Waals surface area contributed by atoms with Crippen molar-refractivity contribution < 1.29 is 19.4 Å². The van der Waals surface area contributed by atoms with Gasteiger partial charge in [-0.2, -0.15) is 4.98 Å². The molecule has 0 bridgehead atoms. The maximum atomic E-state index is 12.0. The largest absolute Gasteiger partial charge is 0.508 e. The lowest BCUT2D eigenvalue weighted by Crippen LogP contribution is -2.33. The summed E-state index contributed by atoms with van der Waals surface area (Å²) in [5.41, 5.74) is 1.57. The minimum absolute atomic E-state index is 0.188. The van der Waals surface area contributed by atoms with Gasteiger partial charge in [-0.05, 0) is 61.8 Å². The van der Waals surface area contributed by atoms with Crippen LogP contribution in [0.2, 0.25) is 0 Å². The van der Waals surface area contributed by atoms with Crippen LogP contribution in [0.1, 0.15) is 25.0 Å². The molecule has 31 heavy (non-hydrogen) atoms. The summed E-state index contributed by atoms with van der Waals surface area (Å²) in [7, 11) is 0. The number of aromatic hydroxyl groups is 1. The van der Waals surface area contributed by atoms with Crippen LogP contribution in [-0.4, -0.2) is 58.8 Å². The Kier molecular flexibility index (Phi) is 6.62. The molecule has 1 aliphatic rings. The van der Waals surface area contributed by atoms with Crippen molar-refractivity contribution in [3.63, 3.8) is 0 Å². The lowest BCUT2D eigenvalue weighted by atomic mass is 10.1. The van der Waals surface area contributed by atoms with Crippen molar-refractivity contribution in [2.45, 2.75) is 26.2 Å². The molecular formula is C24H27N3O4. The van der Waals surface area contributed by atoms with Crippen molar-refractivity contribution in [3.8, 4) is 23.0 Å². The van der Waals surface area contributed by atoms with Gasteiger partial charge in [0.2, 0.25) is 5.88 Å². The second kappa shape index (κ2) is 9.75. The van der Waals surface area contributed by atoms with Gasteiger partial charge in [-0.1, -0.05) is 24.6 Å². The molecule has 0 unspecified atom stereocenters. The summed E-state index contributed by atoms with van der Waals surface area (Å²) >= 11 is 0. The van der Waals surface area contributed by atoms with Crippen molar-refractivity contribution in [1.82, 2.24) is 14.9 Å². The highest BCUT2D eigenvalue weighted by Gasteiger charge is 2.12. The molecule has 2 heterocycles. The number of carbonyl (C=O) groups excluding carboxylic acids is 1. The molecule has 2 aromatic carbocycles. The second-order valence-electron chi connectivity index (χ2n) is 7.83. The number of carbonyl (C=O) groups is 1. The lowest BCUT2D eigenvalue weighted by molar-refractivity contribution is -0.146. The molecule has 4 rings (SSSR count). The van der Waals surface area contributed by atoms with Gasteiger partial charge >= 0.3 is 5.97 Å². The number of ether oxygens (including phenoxy) is 2. The normalized spacial score (nSPS) is 14.5. The number of esters is 1. The molecule has 0 amide bonds. The Morgan fingerprint density at radius 3 is 2.65 bits per heavy atom. The van der Waals surface area contributed by atoms with Crippen LogP contribution >= 0.6 is 0 Å². The van der Waals surface area contributed by atoms with E-state index < -0.39 is 5.97 Å². The van der Waals surface area contributed by atoms with E-state index in [0.29, 0.717) is 18.3 Å². The van der Waals surface area contributed by atoms with E-state index in [1.807, 2.05) is 31.2 Å². The van der Waals surface area contributed by atoms with Crippen LogP contribution in [-0.2, 0) is 9.53 Å². The second-order valence-corrected chi connectivity index (χ2v) is 7.83. The molecule has 3 aromatic rings. The number of hydrogen-bond donors (Lipinski definition) is 1. The topological polar surface area (TPSA) is 84.8 Å². The summed E-state index contributed by atoms with van der Waals surface area (Å²) in [6, 6.07) is 12.7. The molecule has 0 atom stereocenters. The number of phenolic OH excluding ortho intramolecular Hbond substituents is 1. The fraction of sp³-hybridized carbons (Fsp3) is 0.375. The Hall–Kier alpha value is -3.19. The fourth-order valence-electron chi connectivity index (χ4n) is 3.76. The highest BCUT2D eigenvalue weighted by atomic mass is 16.6. The minimum Gasteiger partial charge on any atom is -0.508 e. The van der Waals surface area contributed by atoms with E-state index in [-0.39, 0.29) is 12.4 Å². The van der Waals surface area contributed by atoms with Crippen molar-refractivity contribution in [2.75, 3.05) is 32.8 Å². The Balaban J connectivity index is 1.36. The molecule has 1 aliphatic heterocycles. The maximum absolute atomic E-state index is 12.0. The number of likely N-dealkylation sites (tertiary alicyclic amines) is 1. The number of aromatic nitrogens is 2. The van der Waals surface area contributed by atoms with Gasteiger partial charge in [0.1, 0.15) is 12.4 Å². The van der Waals surface area contributed by atoms with Crippen LogP contribution in [0.4, 0.5) is 0 Å². The van der Waals surface area contributed by atoms with Gasteiger partial charge in [0.15, 0.2) is 12.4 Å². The van der Waals surface area contributed by atoms with E-state index in [1.54, 1.807) is 18.2 Å². The average molecular weight is 421 g/mol. The predicted octanol–water partition coefficient (Wildman–Crippen LogP) is 3.72. The predicted molar refractivity (Wildman–Crippen MR) is 118 cm³/mol. The van der Waals surface area contributed by atoms with E-state index in [1.165, 1.54) is 19.3 Å². The van der Waals surface area contributed by atoms with Crippen molar-refractivity contribution >= 4 is 16.7 Å². The first kappa shape index (κ1) is 21.1. The highest BCUT2D eigenvalue weighted by molar-refractivity contribution is 5.87. The first-order valence-corrected chi connectivity index (χ1v) is 10.7. The molecule has 0 saturated carbocycles. The average Bonchev–Trinajstić information content (AvgIpc) is 2.78. The van der Waals surface area contributed by atoms with Crippen molar-refractivity contribution in [3.05, 3.63) is 48.2 Å². The number of aryl methyl sites for hydroxylation is 1. The smallest absolute Gasteiger partial charge is 0.344 e. The Morgan fingerprint density at radius 2 is 1.81 bits per heavy atom. The third-order valence-corrected chi connectivity index (χ3v) is 5.37. The first-order chi connectivity index (χ1) is 15.1. The van der Waals surface area contributed by atoms with Gasteiger partial charge in [-0.25, -0.2) is 9.78 Å². The molecular weight excluding hydrogens is 394 g/mol. The molecule has 0 radical (unpaired) electrons. The zero-order valence-electron chi connectivity index (χ0n) is 17.7. The lowest BCUT2D eigenvalue weighted by Gasteiger charge is -2.25. The molecule has 7 nitrogen and oxygen atoms in total. The maximum Gasteiger partial charge on any atom is 0.344 e. The number of nitrogens with zero attached hydrogens (tertiary/aromatic N) is 3. The number of fused-ring (bicyclic) bond motifs is 1. The zero-order valence-corrected chi connectivity index (χ0v) is 17.7. The summed E-state index contributed by atoms with van der Waals surface area (Å²) in [5, 5.41) is 11.5. The molecule has 1 fully saturated rings. The molecule has 1 N–H and O–H groups in total. The molecule has 1 aromatic heterocycles. The number of phenols is 1. The molecule has 162 valence electrons. The standard InChI is InChI=1S/C24H27N3O4/c1-17-13-22(31-16-23(29)30-12-11-27-9-3-2-4-10-27)26-24(25-17)20-6-5-19-15-21(28)8-7-18(19)14-20/h5-8,13-15,28H,2-4,9-12,16H2,1H3. The number of benzene rings is 2. The van der Waals surface area contributed by atoms with E-state index in [4.69, 9.17) is 9.47 Å². The quantitative estimate of drug-likeness (QED) is 0.582. The minimum atomic E-state index is -0.402. The molecule has 0 spiro atoms. The van der Waals surface area contributed by atoms with Gasteiger partial charge in [-0.3, -0.25) is 4.90 Å². The van der Waals surface area contributed by atoms with Gasteiger partial charge in [0.25, 0.3) is 0 Å². The van der Waals surface area contributed by atoms with E-state index >= 15 is 0 Å². The monoisotopic (exact) mass is 421 g/mol. The highest BCUT2D eigenvalue weighted by Crippen LogP contribution is 2.26. The summed E-state index contributed by atoms with van der Waals surface area (Å²) in [4.78, 5) is 23.3. The first-order valence-electron chi connectivity index (χ1n) is 10.7. The van der Waals surface area contributed by atoms with E-state index in [9.17, 15) is 9.90 Å². The number of hydrogen-bond acceptors (Lipinski definition) is 7. The van der Waals surface area contributed by atoms with Gasteiger partial charge in [-0.15, -0.1) is 0 Å². The van der Waals surface area contributed by atoms with Crippen LogP contribution < -0.4 is 4.74 Å². The number of rotatable bonds is 7. The van der Waals surface area contributed by atoms with Gasteiger partial charge in [0, 0.05) is 23.9 Å². The van der Waals surface area contributed by atoms with Crippen LogP contribution in [0.25, 0.3) is 22.2 Å². The zero-order chi connectivity index (χ0) is 21.6. The summed E-state index contributed by atoms with van der Waals surface area (Å²) < 4.78 is 10.9. The van der Waals surface area contributed by atoms with Crippen LogP contribution in [0.5, 0.6) is 11.6 Å². The van der Waals surface area contributed by atoms with Crippen molar-refractivity contribution in [2.24, 2.45) is 0 Å². The molecule has 7 heteroatoms. The Labute approximate surface area is 181 Å². The SMILES string of the molecule is Cc1cc(OCC(=O)OCCN2CCCCC2)nc(-c2ccc3cc(O)ccc3c2)n1. The Bertz CT molecular complexity index is 1060. The Morgan fingerprint density at radius 1 is 1.03 bits per heavy atom. The van der Waals surface area contributed by atoms with Crippen LogP contribution in [0.15, 0.2) is 42.5 Å². The van der Waals surface area contributed by atoms with Crippen LogP contribution in [0, 0.1) is 6.92 Å². The summed E-state index contributed by atoms with van der Waals surface area (Å²) in [6.07, 6.45) is 3.71. The number of piperidine rings is 1. The summed E-state index contributed by atoms with van der Waals surface area (Å²) in [5.74, 6) is 0.676. The van der Waals surface area contributed by atoms with Gasteiger partial charge in [0.05, 0.1) is 0 Å². The molecule has 1 saturated heterocycles. The van der Waals surface area contributed by atoms with Crippen molar-refractivity contribution in [1.29, 1.82) is 0 Å². The summed E-state index contributed by atoms with van der Waals surface area (Å²) in [6.45, 7) is 4.96. The van der Waals surface area contributed by atoms with E-state index in [0.717, 1.165) is 41.7 Å².